The van der Waals surface area contributed by atoms with E-state index in [1.165, 1.54) is 5.39 Å². The first-order chi connectivity index (χ1) is 8.33. The Bertz CT molecular complexity index is 517. The minimum Gasteiger partial charge on any atom is -0.468 e. The summed E-state index contributed by atoms with van der Waals surface area (Å²) in [6, 6.07) is 12.2. The maximum Gasteiger partial charge on any atom is 0.189 e. The van der Waals surface area contributed by atoms with Crippen LogP contribution in [0, 0.1) is 0 Å². The van der Waals surface area contributed by atoms with Crippen molar-refractivity contribution in [3.05, 3.63) is 48.5 Å². The zero-order chi connectivity index (χ0) is 12.1. The fraction of sp³-hybridized carbons (Fsp3) is 0.200. The average molecular weight is 228 g/mol. The molecule has 0 fully saturated rings. The molecule has 2 aromatic carbocycles. The van der Waals surface area contributed by atoms with Crippen molar-refractivity contribution in [2.45, 2.75) is 6.92 Å². The third-order valence-electron chi connectivity index (χ3n) is 2.58. The monoisotopic (exact) mass is 228 g/mol. The molecule has 0 spiro atoms. The molecular weight excluding hydrogens is 212 g/mol. The average Bonchev–Trinajstić information content (AvgIpc) is 2.38. The molecule has 0 heterocycles. The van der Waals surface area contributed by atoms with E-state index in [1.54, 1.807) is 0 Å². The van der Waals surface area contributed by atoms with E-state index in [9.17, 15) is 0 Å². The molecular formula is C15H16O2. The van der Waals surface area contributed by atoms with Crippen molar-refractivity contribution in [3.63, 3.8) is 0 Å². The third kappa shape index (κ3) is 2.86. The van der Waals surface area contributed by atoms with Crippen molar-refractivity contribution in [1.82, 2.24) is 0 Å². The molecule has 0 amide bonds. The van der Waals surface area contributed by atoms with Gasteiger partial charge in [0.05, 0.1) is 0 Å². The van der Waals surface area contributed by atoms with Gasteiger partial charge in [-0.1, -0.05) is 30.9 Å². The van der Waals surface area contributed by atoms with E-state index in [2.05, 4.69) is 18.7 Å². The van der Waals surface area contributed by atoms with Crippen molar-refractivity contribution in [1.29, 1.82) is 0 Å². The molecule has 0 saturated heterocycles. The molecule has 0 aliphatic heterocycles. The molecule has 2 aromatic rings. The highest BCUT2D eigenvalue weighted by atomic mass is 16.7. The summed E-state index contributed by atoms with van der Waals surface area (Å²) in [5.41, 5.74) is 1.13. The first kappa shape index (κ1) is 11.7. The summed E-state index contributed by atoms with van der Waals surface area (Å²) in [4.78, 5) is 0. The zero-order valence-electron chi connectivity index (χ0n) is 9.98. The van der Waals surface area contributed by atoms with Gasteiger partial charge >= 0.3 is 0 Å². The van der Waals surface area contributed by atoms with E-state index in [0.717, 1.165) is 16.7 Å². The quantitative estimate of drug-likeness (QED) is 0.571. The maximum atomic E-state index is 5.47. The summed E-state index contributed by atoms with van der Waals surface area (Å²) in [6.45, 7) is 6.67. The molecule has 0 unspecified atom stereocenters. The Hall–Kier alpha value is -1.80. The standard InChI is InChI=1S/C15H16O2/c1-3-12-5-6-14-10-15(17-11-16-4-2)8-7-13(14)9-12/h3,5-10H,1,4,11H2,2H3. The lowest BCUT2D eigenvalue weighted by Gasteiger charge is -2.07. The molecule has 0 N–H and O–H groups in total. The van der Waals surface area contributed by atoms with Crippen LogP contribution in [0.15, 0.2) is 43.0 Å². The minimum atomic E-state index is 0.298. The molecule has 0 saturated carbocycles. The van der Waals surface area contributed by atoms with E-state index in [-0.39, 0.29) is 0 Å². The molecule has 2 nitrogen and oxygen atoms in total. The molecule has 0 radical (unpaired) electrons. The highest BCUT2D eigenvalue weighted by molar-refractivity contribution is 5.85. The van der Waals surface area contributed by atoms with Gasteiger partial charge in [0.15, 0.2) is 6.79 Å². The number of benzene rings is 2. The predicted molar refractivity (Wildman–Crippen MR) is 71.2 cm³/mol. The summed E-state index contributed by atoms with van der Waals surface area (Å²) < 4.78 is 10.6. The van der Waals surface area contributed by atoms with Crippen LogP contribution < -0.4 is 4.74 Å². The molecule has 2 heteroatoms. The number of ether oxygens (including phenoxy) is 2. The van der Waals surface area contributed by atoms with Crippen LogP contribution in [0.3, 0.4) is 0 Å². The molecule has 0 aliphatic rings. The molecule has 0 bridgehead atoms. The van der Waals surface area contributed by atoms with Gasteiger partial charge in [0.25, 0.3) is 0 Å². The van der Waals surface area contributed by atoms with E-state index >= 15 is 0 Å². The van der Waals surface area contributed by atoms with Crippen molar-refractivity contribution in [2.75, 3.05) is 13.4 Å². The summed E-state index contributed by atoms with van der Waals surface area (Å²) in [7, 11) is 0. The Kier molecular flexibility index (Phi) is 3.78. The van der Waals surface area contributed by atoms with Crippen LogP contribution >= 0.6 is 0 Å². The SMILES string of the molecule is C=Cc1ccc2cc(OCOCC)ccc2c1. The van der Waals surface area contributed by atoms with Crippen molar-refractivity contribution in [3.8, 4) is 5.75 Å². The van der Waals surface area contributed by atoms with Crippen LogP contribution in [0.4, 0.5) is 0 Å². The summed E-state index contributed by atoms with van der Waals surface area (Å²) in [6.07, 6.45) is 1.85. The maximum absolute atomic E-state index is 5.47. The van der Waals surface area contributed by atoms with Gasteiger partial charge in [0, 0.05) is 6.61 Å². The van der Waals surface area contributed by atoms with Crippen molar-refractivity contribution >= 4 is 16.8 Å². The topological polar surface area (TPSA) is 18.5 Å². The fourth-order valence-electron chi connectivity index (χ4n) is 1.65. The van der Waals surface area contributed by atoms with Gasteiger partial charge in [-0.2, -0.15) is 0 Å². The lowest BCUT2D eigenvalue weighted by molar-refractivity contribution is 0.0225. The van der Waals surface area contributed by atoms with Crippen LogP contribution in [0.25, 0.3) is 16.8 Å². The van der Waals surface area contributed by atoms with Crippen LogP contribution in [-0.4, -0.2) is 13.4 Å². The van der Waals surface area contributed by atoms with Gasteiger partial charge < -0.3 is 9.47 Å². The van der Waals surface area contributed by atoms with Crippen LogP contribution in [-0.2, 0) is 4.74 Å². The molecule has 88 valence electrons. The first-order valence-corrected chi connectivity index (χ1v) is 5.70. The molecule has 2 rings (SSSR count). The second kappa shape index (κ2) is 5.51. The fourth-order valence-corrected chi connectivity index (χ4v) is 1.65. The minimum absolute atomic E-state index is 0.298. The highest BCUT2D eigenvalue weighted by Gasteiger charge is 1.98. The Morgan fingerprint density at radius 2 is 1.88 bits per heavy atom. The summed E-state index contributed by atoms with van der Waals surface area (Å²) >= 11 is 0. The van der Waals surface area contributed by atoms with Gasteiger partial charge in [-0.15, -0.1) is 0 Å². The van der Waals surface area contributed by atoms with E-state index in [0.29, 0.717) is 13.4 Å². The number of hydrogen-bond acceptors (Lipinski definition) is 2. The molecule has 17 heavy (non-hydrogen) atoms. The van der Waals surface area contributed by atoms with Crippen molar-refractivity contribution in [2.24, 2.45) is 0 Å². The predicted octanol–water partition coefficient (Wildman–Crippen LogP) is 3.86. The Morgan fingerprint density at radius 1 is 1.12 bits per heavy atom. The van der Waals surface area contributed by atoms with Gasteiger partial charge in [-0.05, 0) is 41.5 Å². The Labute approximate surface area is 101 Å². The molecule has 0 aliphatic carbocycles. The number of rotatable bonds is 5. The molecule has 0 atom stereocenters. The van der Waals surface area contributed by atoms with E-state index in [1.807, 2.05) is 37.3 Å². The van der Waals surface area contributed by atoms with Gasteiger partial charge in [0.1, 0.15) is 5.75 Å². The second-order valence-electron chi connectivity index (χ2n) is 3.73. The lowest BCUT2D eigenvalue weighted by Crippen LogP contribution is -2.01. The van der Waals surface area contributed by atoms with Crippen LogP contribution in [0.5, 0.6) is 5.75 Å². The van der Waals surface area contributed by atoms with Gasteiger partial charge in [-0.3, -0.25) is 0 Å². The lowest BCUT2D eigenvalue weighted by atomic mass is 10.1. The highest BCUT2D eigenvalue weighted by Crippen LogP contribution is 2.22. The van der Waals surface area contributed by atoms with Crippen LogP contribution in [0.1, 0.15) is 12.5 Å². The number of fused-ring (bicyclic) bond motifs is 1. The van der Waals surface area contributed by atoms with Crippen LogP contribution in [0.2, 0.25) is 0 Å². The summed E-state index contributed by atoms with van der Waals surface area (Å²) in [5, 5.41) is 2.34. The van der Waals surface area contributed by atoms with E-state index < -0.39 is 0 Å². The van der Waals surface area contributed by atoms with Gasteiger partial charge in [0.2, 0.25) is 0 Å². The van der Waals surface area contributed by atoms with E-state index in [4.69, 9.17) is 9.47 Å². The Morgan fingerprint density at radius 3 is 2.65 bits per heavy atom. The second-order valence-corrected chi connectivity index (χ2v) is 3.73. The van der Waals surface area contributed by atoms with Gasteiger partial charge in [-0.25, -0.2) is 0 Å². The summed E-state index contributed by atoms with van der Waals surface area (Å²) in [5.74, 6) is 0.831. The normalized spacial score (nSPS) is 10.4. The zero-order valence-corrected chi connectivity index (χ0v) is 9.98. The first-order valence-electron chi connectivity index (χ1n) is 5.70. The smallest absolute Gasteiger partial charge is 0.189 e. The third-order valence-corrected chi connectivity index (χ3v) is 2.58. The largest absolute Gasteiger partial charge is 0.468 e. The molecule has 0 aromatic heterocycles. The number of hydrogen-bond donors (Lipinski definition) is 0. The van der Waals surface area contributed by atoms with Crippen molar-refractivity contribution < 1.29 is 9.47 Å². The Balaban J connectivity index is 2.22.